The molecule has 0 radical (unpaired) electrons. The van der Waals surface area contributed by atoms with E-state index in [0.29, 0.717) is 17.1 Å². The summed E-state index contributed by atoms with van der Waals surface area (Å²) in [6.45, 7) is 5.72. The Balaban J connectivity index is 2.75. The molecule has 1 N–H and O–H groups in total. The predicted molar refractivity (Wildman–Crippen MR) is 79.4 cm³/mol. The average Bonchev–Trinajstić information content (AvgIpc) is 2.83. The number of aromatic nitrogens is 3. The Labute approximate surface area is 130 Å². The van der Waals surface area contributed by atoms with E-state index >= 15 is 0 Å². The Morgan fingerprint density at radius 3 is 2.62 bits per heavy atom. The highest BCUT2D eigenvalue weighted by atomic mass is 79.9. The van der Waals surface area contributed by atoms with Crippen LogP contribution in [0.5, 0.6) is 0 Å². The molecule has 21 heavy (non-hydrogen) atoms. The van der Waals surface area contributed by atoms with Gasteiger partial charge in [-0.25, -0.2) is 14.5 Å². The maximum atomic E-state index is 11.1. The van der Waals surface area contributed by atoms with Crippen molar-refractivity contribution in [3.63, 3.8) is 0 Å². The van der Waals surface area contributed by atoms with E-state index in [1.807, 2.05) is 20.8 Å². The van der Waals surface area contributed by atoms with Gasteiger partial charge in [-0.1, -0.05) is 36.7 Å². The fourth-order valence-electron chi connectivity index (χ4n) is 1.84. The normalized spacial score (nSPS) is 11.2. The average molecular weight is 349 g/mol. The number of nitriles is 1. The quantitative estimate of drug-likeness (QED) is 0.900. The Morgan fingerprint density at radius 1 is 1.43 bits per heavy atom. The van der Waals surface area contributed by atoms with Crippen LogP contribution in [0.2, 0.25) is 0 Å². The van der Waals surface area contributed by atoms with Gasteiger partial charge < -0.3 is 5.11 Å². The van der Waals surface area contributed by atoms with Crippen molar-refractivity contribution in [2.24, 2.45) is 0 Å². The zero-order chi connectivity index (χ0) is 15.8. The van der Waals surface area contributed by atoms with Gasteiger partial charge >= 0.3 is 5.97 Å². The number of halogens is 1. The second-order valence-corrected chi connectivity index (χ2v) is 6.41. The van der Waals surface area contributed by atoms with Crippen LogP contribution in [0.15, 0.2) is 22.7 Å². The molecule has 0 amide bonds. The molecular weight excluding hydrogens is 336 g/mol. The molecule has 7 heteroatoms. The van der Waals surface area contributed by atoms with Gasteiger partial charge in [-0.05, 0) is 18.2 Å². The zero-order valence-electron chi connectivity index (χ0n) is 11.8. The molecule has 1 aromatic heterocycles. The van der Waals surface area contributed by atoms with E-state index in [1.54, 1.807) is 18.2 Å². The van der Waals surface area contributed by atoms with Crippen molar-refractivity contribution in [1.29, 1.82) is 5.26 Å². The fourth-order valence-corrected chi connectivity index (χ4v) is 2.20. The SMILES string of the molecule is CC(C)(C)c1nc(C(=O)O)nn1-c1ccc(Br)cc1C#N. The highest BCUT2D eigenvalue weighted by molar-refractivity contribution is 9.10. The van der Waals surface area contributed by atoms with E-state index in [9.17, 15) is 10.1 Å². The first-order valence-electron chi connectivity index (χ1n) is 6.15. The minimum atomic E-state index is -1.20. The van der Waals surface area contributed by atoms with E-state index < -0.39 is 11.4 Å². The lowest BCUT2D eigenvalue weighted by Gasteiger charge is -2.18. The third-order valence-corrected chi connectivity index (χ3v) is 3.27. The maximum absolute atomic E-state index is 11.1. The Kier molecular flexibility index (Phi) is 3.83. The second kappa shape index (κ2) is 5.30. The second-order valence-electron chi connectivity index (χ2n) is 5.50. The van der Waals surface area contributed by atoms with Crippen LogP contribution < -0.4 is 0 Å². The molecule has 0 saturated carbocycles. The predicted octanol–water partition coefficient (Wildman–Crippen LogP) is 2.90. The maximum Gasteiger partial charge on any atom is 0.375 e. The molecule has 0 fully saturated rings. The fraction of sp³-hybridized carbons (Fsp3) is 0.286. The zero-order valence-corrected chi connectivity index (χ0v) is 13.3. The Bertz CT molecular complexity index is 753. The number of carboxylic acid groups (broad SMARTS) is 1. The molecule has 0 aliphatic carbocycles. The van der Waals surface area contributed by atoms with Crippen LogP contribution in [0.25, 0.3) is 5.69 Å². The summed E-state index contributed by atoms with van der Waals surface area (Å²) >= 11 is 3.31. The molecule has 0 aliphatic rings. The first kappa shape index (κ1) is 15.2. The van der Waals surface area contributed by atoms with Crippen molar-refractivity contribution in [3.8, 4) is 11.8 Å². The molecule has 2 aromatic rings. The molecule has 6 nitrogen and oxygen atoms in total. The summed E-state index contributed by atoms with van der Waals surface area (Å²) < 4.78 is 2.19. The summed E-state index contributed by atoms with van der Waals surface area (Å²) in [5, 5.41) is 22.4. The van der Waals surface area contributed by atoms with Crippen molar-refractivity contribution in [2.45, 2.75) is 26.2 Å². The topological polar surface area (TPSA) is 91.8 Å². The van der Waals surface area contributed by atoms with Gasteiger partial charge in [-0.3, -0.25) is 0 Å². The Morgan fingerprint density at radius 2 is 2.10 bits per heavy atom. The first-order chi connectivity index (χ1) is 9.74. The van der Waals surface area contributed by atoms with Crippen LogP contribution >= 0.6 is 15.9 Å². The number of aromatic carboxylic acids is 1. The van der Waals surface area contributed by atoms with Gasteiger partial charge in [0, 0.05) is 9.89 Å². The van der Waals surface area contributed by atoms with Crippen LogP contribution in [0.4, 0.5) is 0 Å². The number of hydrogen-bond acceptors (Lipinski definition) is 4. The lowest BCUT2D eigenvalue weighted by atomic mass is 9.95. The molecule has 0 aliphatic heterocycles. The molecule has 0 unspecified atom stereocenters. The summed E-state index contributed by atoms with van der Waals surface area (Å²) in [5.74, 6) is -1.000. The molecule has 1 heterocycles. The van der Waals surface area contributed by atoms with Gasteiger partial charge in [0.15, 0.2) is 0 Å². The van der Waals surface area contributed by atoms with Crippen molar-refractivity contribution in [2.75, 3.05) is 0 Å². The highest BCUT2D eigenvalue weighted by Crippen LogP contribution is 2.26. The number of carbonyl (C=O) groups is 1. The lowest BCUT2D eigenvalue weighted by Crippen LogP contribution is -2.19. The van der Waals surface area contributed by atoms with Crippen LogP contribution in [0.1, 0.15) is 42.8 Å². The van der Waals surface area contributed by atoms with Crippen molar-refractivity contribution >= 4 is 21.9 Å². The van der Waals surface area contributed by atoms with E-state index in [1.165, 1.54) is 4.68 Å². The van der Waals surface area contributed by atoms with Crippen molar-refractivity contribution < 1.29 is 9.90 Å². The summed E-state index contributed by atoms with van der Waals surface area (Å²) in [7, 11) is 0. The standard InChI is InChI=1S/C14H13BrN4O2/c1-14(2,3)13-17-11(12(20)21)18-19(13)10-5-4-9(15)6-8(10)7-16/h4-6H,1-3H3,(H,20,21). The van der Waals surface area contributed by atoms with E-state index in [-0.39, 0.29) is 5.82 Å². The molecule has 0 saturated heterocycles. The molecule has 108 valence electrons. The Hall–Kier alpha value is -2.20. The minimum Gasteiger partial charge on any atom is -0.475 e. The van der Waals surface area contributed by atoms with Gasteiger partial charge in [-0.2, -0.15) is 5.26 Å². The van der Waals surface area contributed by atoms with Gasteiger partial charge in [-0.15, -0.1) is 5.10 Å². The number of rotatable bonds is 2. The van der Waals surface area contributed by atoms with Gasteiger partial charge in [0.2, 0.25) is 0 Å². The van der Waals surface area contributed by atoms with Crippen LogP contribution in [-0.4, -0.2) is 25.8 Å². The number of hydrogen-bond donors (Lipinski definition) is 1. The molecule has 2 rings (SSSR count). The summed E-state index contributed by atoms with van der Waals surface area (Å²) in [6, 6.07) is 7.22. The van der Waals surface area contributed by atoms with Crippen molar-refractivity contribution in [3.05, 3.63) is 39.9 Å². The molecule has 0 atom stereocenters. The third-order valence-electron chi connectivity index (χ3n) is 2.78. The monoisotopic (exact) mass is 348 g/mol. The molecule has 1 aromatic carbocycles. The summed E-state index contributed by atoms with van der Waals surface area (Å²) in [4.78, 5) is 15.2. The molecular formula is C14H13BrN4O2. The van der Waals surface area contributed by atoms with E-state index in [0.717, 1.165) is 4.47 Å². The first-order valence-corrected chi connectivity index (χ1v) is 6.94. The smallest absolute Gasteiger partial charge is 0.375 e. The largest absolute Gasteiger partial charge is 0.475 e. The van der Waals surface area contributed by atoms with E-state index in [4.69, 9.17) is 5.11 Å². The van der Waals surface area contributed by atoms with Crippen LogP contribution in [0, 0.1) is 11.3 Å². The lowest BCUT2D eigenvalue weighted by molar-refractivity contribution is 0.0683. The number of benzene rings is 1. The van der Waals surface area contributed by atoms with Crippen LogP contribution in [-0.2, 0) is 5.41 Å². The number of carboxylic acids is 1. The summed E-state index contributed by atoms with van der Waals surface area (Å²) in [5.41, 5.74) is 0.475. The molecule has 0 spiro atoms. The van der Waals surface area contributed by atoms with Crippen LogP contribution in [0.3, 0.4) is 0 Å². The molecule has 0 bridgehead atoms. The third kappa shape index (κ3) is 2.95. The highest BCUT2D eigenvalue weighted by Gasteiger charge is 2.27. The van der Waals surface area contributed by atoms with Gasteiger partial charge in [0.05, 0.1) is 11.3 Å². The number of nitrogens with zero attached hydrogens (tertiary/aromatic N) is 4. The van der Waals surface area contributed by atoms with Crippen molar-refractivity contribution in [1.82, 2.24) is 14.8 Å². The summed E-state index contributed by atoms with van der Waals surface area (Å²) in [6.07, 6.45) is 0. The van der Waals surface area contributed by atoms with E-state index in [2.05, 4.69) is 32.1 Å². The minimum absolute atomic E-state index is 0.285. The van der Waals surface area contributed by atoms with Gasteiger partial charge in [0.25, 0.3) is 5.82 Å². The van der Waals surface area contributed by atoms with Gasteiger partial charge in [0.1, 0.15) is 11.9 Å².